The molecule has 0 radical (unpaired) electrons. The maximum atomic E-state index is 13.4. The molecule has 0 saturated carbocycles. The van der Waals surface area contributed by atoms with Crippen LogP contribution in [-0.2, 0) is 13.9 Å². The normalized spacial score (nSPS) is 14.8. The van der Waals surface area contributed by atoms with Crippen molar-refractivity contribution >= 4 is 52.3 Å². The summed E-state index contributed by atoms with van der Waals surface area (Å²) >= 11 is 7.58. The van der Waals surface area contributed by atoms with Gasteiger partial charge in [0.1, 0.15) is 5.66 Å². The Kier molecular flexibility index (Phi) is 7.25. The SMILES string of the molecule is CCOP(C)(=O)C(C(=O)C/C=C/c1ccc(F)c(F)c1)c1csc2ccc(Cl)cc12. The molecule has 2 unspecified atom stereocenters. The van der Waals surface area contributed by atoms with Crippen molar-refractivity contribution < 1.29 is 22.7 Å². The van der Waals surface area contributed by atoms with Gasteiger partial charge >= 0.3 is 0 Å². The van der Waals surface area contributed by atoms with Gasteiger partial charge < -0.3 is 4.52 Å². The zero-order valence-corrected chi connectivity index (χ0v) is 18.9. The molecule has 0 aliphatic heterocycles. The summed E-state index contributed by atoms with van der Waals surface area (Å²) in [6, 6.07) is 8.86. The van der Waals surface area contributed by atoms with Crippen LogP contribution >= 0.6 is 30.3 Å². The highest BCUT2D eigenvalue weighted by Crippen LogP contribution is 2.59. The molecular weight excluding hydrogens is 449 g/mol. The van der Waals surface area contributed by atoms with E-state index in [1.165, 1.54) is 30.1 Å². The van der Waals surface area contributed by atoms with Crippen molar-refractivity contribution in [1.29, 1.82) is 0 Å². The second-order valence-corrected chi connectivity index (χ2v) is 10.7. The Balaban J connectivity index is 1.93. The van der Waals surface area contributed by atoms with Crippen molar-refractivity contribution in [3.63, 3.8) is 0 Å². The molecular formula is C22H20ClF2O3PS. The van der Waals surface area contributed by atoms with E-state index in [4.69, 9.17) is 16.1 Å². The first-order chi connectivity index (χ1) is 14.2. The number of rotatable bonds is 8. The van der Waals surface area contributed by atoms with E-state index in [1.807, 2.05) is 11.4 Å². The van der Waals surface area contributed by atoms with Crippen LogP contribution in [0.15, 0.2) is 47.9 Å². The summed E-state index contributed by atoms with van der Waals surface area (Å²) in [6.45, 7) is 3.40. The average molecular weight is 469 g/mol. The maximum Gasteiger partial charge on any atom is 0.214 e. The highest BCUT2D eigenvalue weighted by atomic mass is 35.5. The third-order valence-electron chi connectivity index (χ3n) is 4.59. The summed E-state index contributed by atoms with van der Waals surface area (Å²) in [6.07, 6.45) is 3.04. The Hall–Kier alpha value is -1.85. The van der Waals surface area contributed by atoms with Crippen molar-refractivity contribution in [2.24, 2.45) is 0 Å². The lowest BCUT2D eigenvalue weighted by Crippen LogP contribution is -2.13. The van der Waals surface area contributed by atoms with Gasteiger partial charge in [-0.05, 0) is 59.1 Å². The largest absolute Gasteiger partial charge is 0.328 e. The fourth-order valence-corrected chi connectivity index (χ4v) is 6.54. The van der Waals surface area contributed by atoms with Crippen LogP contribution in [0.3, 0.4) is 0 Å². The van der Waals surface area contributed by atoms with Gasteiger partial charge in [0, 0.05) is 22.8 Å². The number of ketones is 1. The second-order valence-electron chi connectivity index (χ2n) is 6.81. The van der Waals surface area contributed by atoms with Crippen molar-refractivity contribution in [2.45, 2.75) is 19.0 Å². The Morgan fingerprint density at radius 1 is 1.23 bits per heavy atom. The molecule has 0 aliphatic rings. The summed E-state index contributed by atoms with van der Waals surface area (Å²) in [5.41, 5.74) is 0.109. The molecule has 0 fully saturated rings. The minimum atomic E-state index is -3.32. The maximum absolute atomic E-state index is 13.4. The van der Waals surface area contributed by atoms with E-state index in [0.29, 0.717) is 16.1 Å². The van der Waals surface area contributed by atoms with Crippen LogP contribution in [0.1, 0.15) is 30.1 Å². The van der Waals surface area contributed by atoms with Gasteiger partial charge in [0.2, 0.25) is 7.37 Å². The molecule has 0 bridgehead atoms. The number of carbonyl (C=O) groups excluding carboxylic acids is 1. The summed E-state index contributed by atoms with van der Waals surface area (Å²) in [4.78, 5) is 13.1. The molecule has 0 aliphatic carbocycles. The minimum Gasteiger partial charge on any atom is -0.328 e. The number of hydrogen-bond acceptors (Lipinski definition) is 4. The van der Waals surface area contributed by atoms with Crippen LogP contribution < -0.4 is 0 Å². The Morgan fingerprint density at radius 3 is 2.70 bits per heavy atom. The van der Waals surface area contributed by atoms with E-state index in [0.717, 1.165) is 22.2 Å². The Morgan fingerprint density at radius 2 is 2.00 bits per heavy atom. The number of hydrogen-bond donors (Lipinski definition) is 0. The summed E-state index contributed by atoms with van der Waals surface area (Å²) in [5.74, 6) is -2.18. The molecule has 1 aromatic heterocycles. The summed E-state index contributed by atoms with van der Waals surface area (Å²) < 4.78 is 46.2. The van der Waals surface area contributed by atoms with E-state index in [2.05, 4.69) is 0 Å². The lowest BCUT2D eigenvalue weighted by Gasteiger charge is -2.22. The molecule has 3 nitrogen and oxygen atoms in total. The van der Waals surface area contributed by atoms with Crippen LogP contribution in [0.4, 0.5) is 8.78 Å². The third kappa shape index (κ3) is 5.06. The first-order valence-electron chi connectivity index (χ1n) is 9.25. The lowest BCUT2D eigenvalue weighted by atomic mass is 10.0. The van der Waals surface area contributed by atoms with Crippen molar-refractivity contribution in [3.05, 3.63) is 75.6 Å². The van der Waals surface area contributed by atoms with Crippen molar-refractivity contribution in [1.82, 2.24) is 0 Å². The van der Waals surface area contributed by atoms with E-state index in [9.17, 15) is 18.1 Å². The molecule has 0 saturated heterocycles. The van der Waals surface area contributed by atoms with E-state index in [-0.39, 0.29) is 18.8 Å². The summed E-state index contributed by atoms with van der Waals surface area (Å²) in [7, 11) is -3.32. The molecule has 30 heavy (non-hydrogen) atoms. The van der Waals surface area contributed by atoms with Gasteiger partial charge in [0.15, 0.2) is 17.4 Å². The van der Waals surface area contributed by atoms with Crippen LogP contribution in [0, 0.1) is 11.6 Å². The molecule has 0 N–H and O–H groups in total. The monoisotopic (exact) mass is 468 g/mol. The molecule has 158 valence electrons. The molecule has 8 heteroatoms. The fourth-order valence-electron chi connectivity index (χ4n) is 3.29. The number of thiophene rings is 1. The van der Waals surface area contributed by atoms with E-state index >= 15 is 0 Å². The average Bonchev–Trinajstić information content (AvgIpc) is 3.07. The molecule has 0 spiro atoms. The van der Waals surface area contributed by atoms with E-state index in [1.54, 1.807) is 25.1 Å². The van der Waals surface area contributed by atoms with Crippen molar-refractivity contribution in [2.75, 3.05) is 13.3 Å². The van der Waals surface area contributed by atoms with Gasteiger partial charge in [-0.15, -0.1) is 11.3 Å². The van der Waals surface area contributed by atoms with Gasteiger partial charge in [-0.3, -0.25) is 9.36 Å². The summed E-state index contributed by atoms with van der Waals surface area (Å²) in [5, 5.41) is 3.11. The molecule has 2 atom stereocenters. The highest BCUT2D eigenvalue weighted by molar-refractivity contribution is 7.59. The third-order valence-corrected chi connectivity index (χ3v) is 8.08. The van der Waals surface area contributed by atoms with Gasteiger partial charge in [0.25, 0.3) is 0 Å². The number of allylic oxidation sites excluding steroid dienone is 1. The highest BCUT2D eigenvalue weighted by Gasteiger charge is 2.37. The Labute approximate surface area is 182 Å². The van der Waals surface area contributed by atoms with Gasteiger partial charge in [-0.1, -0.05) is 29.8 Å². The first kappa shape index (κ1) is 22.8. The number of fused-ring (bicyclic) bond motifs is 1. The smallest absolute Gasteiger partial charge is 0.214 e. The number of benzene rings is 2. The fraction of sp³-hybridized carbons (Fsp3) is 0.227. The van der Waals surface area contributed by atoms with Crippen LogP contribution in [0.25, 0.3) is 16.2 Å². The zero-order chi connectivity index (χ0) is 21.9. The molecule has 3 aromatic rings. The molecule has 2 aromatic carbocycles. The lowest BCUT2D eigenvalue weighted by molar-refractivity contribution is -0.118. The number of carbonyl (C=O) groups is 1. The molecule has 0 amide bonds. The van der Waals surface area contributed by atoms with Crippen LogP contribution in [0.5, 0.6) is 0 Å². The van der Waals surface area contributed by atoms with Gasteiger partial charge in [-0.2, -0.15) is 0 Å². The Bertz CT molecular complexity index is 1160. The molecule has 1 heterocycles. The number of halogens is 3. The number of Topliss-reactive ketones (excluding diaryl/α,β-unsaturated/α-hetero) is 1. The standard InChI is InChI=1S/C22H20ClF2O3PS/c1-3-28-29(2,27)22(17-13-30-21-10-8-15(23)12-16(17)21)20(26)6-4-5-14-7-9-18(24)19(25)11-14/h4-5,7-13,22H,3,6H2,1-2H3/b5-4+. The van der Waals surface area contributed by atoms with Crippen LogP contribution in [0.2, 0.25) is 5.02 Å². The van der Waals surface area contributed by atoms with Gasteiger partial charge in [0.05, 0.1) is 6.61 Å². The predicted octanol–water partition coefficient (Wildman–Crippen LogP) is 7.49. The van der Waals surface area contributed by atoms with E-state index < -0.39 is 24.7 Å². The zero-order valence-electron chi connectivity index (χ0n) is 16.4. The minimum absolute atomic E-state index is 0.0352. The first-order valence-corrected chi connectivity index (χ1v) is 12.7. The molecule has 3 rings (SSSR count). The predicted molar refractivity (Wildman–Crippen MR) is 120 cm³/mol. The second kappa shape index (κ2) is 9.52. The van der Waals surface area contributed by atoms with Crippen LogP contribution in [-0.4, -0.2) is 19.1 Å². The van der Waals surface area contributed by atoms with Gasteiger partial charge in [-0.25, -0.2) is 8.78 Å². The quantitative estimate of drug-likeness (QED) is 0.322. The topological polar surface area (TPSA) is 43.4 Å². The van der Waals surface area contributed by atoms with Crippen molar-refractivity contribution in [3.8, 4) is 0 Å².